The third-order valence-electron chi connectivity index (χ3n) is 7.82. The van der Waals surface area contributed by atoms with Gasteiger partial charge in [-0.3, -0.25) is 4.55 Å². The van der Waals surface area contributed by atoms with Gasteiger partial charge in [-0.2, -0.15) is 8.42 Å². The summed E-state index contributed by atoms with van der Waals surface area (Å²) in [6.07, 6.45) is 1.42. The quantitative estimate of drug-likeness (QED) is 0.106. The first-order valence-corrected chi connectivity index (χ1v) is 16.2. The molecule has 4 rings (SSSR count). The molecule has 43 heavy (non-hydrogen) atoms. The van der Waals surface area contributed by atoms with E-state index in [0.717, 1.165) is 40.8 Å². The number of quaternary nitrogens is 1. The lowest BCUT2D eigenvalue weighted by Crippen LogP contribution is -2.43. The van der Waals surface area contributed by atoms with Crippen LogP contribution in [0.5, 0.6) is 0 Å². The predicted octanol–water partition coefficient (Wildman–Crippen LogP) is 5.16. The predicted molar refractivity (Wildman–Crippen MR) is 165 cm³/mol. The second-order valence-corrected chi connectivity index (χ2v) is 13.2. The van der Waals surface area contributed by atoms with Crippen molar-refractivity contribution >= 4 is 22.2 Å². The molecule has 3 aromatic rings. The fourth-order valence-corrected chi connectivity index (χ4v) is 6.03. The normalized spacial score (nSPS) is 13.6. The third kappa shape index (κ3) is 9.64. The molecule has 0 saturated heterocycles. The molecule has 0 bridgehead atoms. The van der Waals surface area contributed by atoms with Gasteiger partial charge in [0.25, 0.3) is 10.1 Å². The first-order valence-electron chi connectivity index (χ1n) is 14.6. The summed E-state index contributed by atoms with van der Waals surface area (Å²) in [6.45, 7) is 1.56. The van der Waals surface area contributed by atoms with Gasteiger partial charge in [0.2, 0.25) is 0 Å². The van der Waals surface area contributed by atoms with Crippen molar-refractivity contribution < 1.29 is 36.5 Å². The molecule has 2 N–H and O–H groups in total. The number of alkyl carbamates (subject to hydrolysis) is 1. The Morgan fingerprint density at radius 2 is 1.42 bits per heavy atom. The van der Waals surface area contributed by atoms with Crippen molar-refractivity contribution in [1.29, 1.82) is 0 Å². The van der Waals surface area contributed by atoms with Gasteiger partial charge in [-0.15, -0.1) is 0 Å². The zero-order chi connectivity index (χ0) is 30.9. The molecule has 1 amide bonds. The number of nitrogens with one attached hydrogen (secondary N) is 1. The Morgan fingerprint density at radius 1 is 0.837 bits per heavy atom. The molecule has 0 aromatic heterocycles. The Labute approximate surface area is 254 Å². The first-order chi connectivity index (χ1) is 20.5. The Kier molecular flexibility index (Phi) is 11.0. The van der Waals surface area contributed by atoms with Crippen molar-refractivity contribution in [1.82, 2.24) is 5.32 Å². The van der Waals surface area contributed by atoms with Gasteiger partial charge < -0.3 is 19.3 Å². The molecule has 0 radical (unpaired) electrons. The fourth-order valence-electron chi connectivity index (χ4n) is 5.54. The zero-order valence-electron chi connectivity index (χ0n) is 24.8. The van der Waals surface area contributed by atoms with Crippen molar-refractivity contribution in [2.75, 3.05) is 39.5 Å². The Morgan fingerprint density at radius 3 is 2.05 bits per heavy atom. The summed E-state index contributed by atoms with van der Waals surface area (Å²) >= 11 is 0. The van der Waals surface area contributed by atoms with E-state index in [2.05, 4.69) is 17.4 Å². The number of rotatable bonds is 15. The fraction of sp³-hybridized carbons (Fsp3) is 0.394. The second-order valence-electron chi connectivity index (χ2n) is 11.6. The van der Waals surface area contributed by atoms with Gasteiger partial charge in [0.1, 0.15) is 19.3 Å². The number of hydrogen-bond acceptors (Lipinski definition) is 6. The van der Waals surface area contributed by atoms with E-state index in [1.807, 2.05) is 80.8 Å². The lowest BCUT2D eigenvalue weighted by molar-refractivity contribution is -0.890. The van der Waals surface area contributed by atoms with Gasteiger partial charge in [-0.25, -0.2) is 9.59 Å². The zero-order valence-corrected chi connectivity index (χ0v) is 25.6. The highest BCUT2D eigenvalue weighted by Crippen LogP contribution is 2.44. The summed E-state index contributed by atoms with van der Waals surface area (Å²) in [5, 5.41) is 2.74. The number of nitrogens with zero attached hydrogens (tertiary/aromatic N) is 1. The highest BCUT2D eigenvalue weighted by atomic mass is 32.2. The molecule has 9 nitrogen and oxygen atoms in total. The van der Waals surface area contributed by atoms with Gasteiger partial charge in [0.15, 0.2) is 0 Å². The Hall–Kier alpha value is -3.73. The molecule has 3 aromatic carbocycles. The van der Waals surface area contributed by atoms with E-state index < -0.39 is 28.2 Å². The third-order valence-corrected chi connectivity index (χ3v) is 8.62. The Bertz CT molecular complexity index is 1450. The van der Waals surface area contributed by atoms with Crippen LogP contribution in [-0.2, 0) is 31.0 Å². The van der Waals surface area contributed by atoms with Gasteiger partial charge in [-0.1, -0.05) is 78.9 Å². The van der Waals surface area contributed by atoms with E-state index in [9.17, 15) is 18.0 Å². The minimum Gasteiger partial charge on any atom is -0.459 e. The van der Waals surface area contributed by atoms with E-state index >= 15 is 0 Å². The lowest BCUT2D eigenvalue weighted by Gasteiger charge is -2.30. The lowest BCUT2D eigenvalue weighted by atomic mass is 9.98. The number of benzene rings is 3. The molecule has 1 aliphatic carbocycles. The van der Waals surface area contributed by atoms with E-state index in [-0.39, 0.29) is 24.9 Å². The summed E-state index contributed by atoms with van der Waals surface area (Å²) in [5.41, 5.74) is 5.32. The molecular formula is C33H41N2O7S+. The van der Waals surface area contributed by atoms with Crippen LogP contribution in [0.3, 0.4) is 0 Å². The molecule has 1 atom stereocenters. The van der Waals surface area contributed by atoms with Crippen LogP contribution < -0.4 is 5.32 Å². The molecule has 0 spiro atoms. The monoisotopic (exact) mass is 609 g/mol. The molecular weight excluding hydrogens is 568 g/mol. The van der Waals surface area contributed by atoms with Gasteiger partial charge >= 0.3 is 12.1 Å². The summed E-state index contributed by atoms with van der Waals surface area (Å²) in [7, 11) is -0.00166. The minimum absolute atomic E-state index is 0.0950. The molecule has 1 aliphatic rings. The van der Waals surface area contributed by atoms with Crippen molar-refractivity contribution in [3.63, 3.8) is 0 Å². The smallest absolute Gasteiger partial charge is 0.407 e. The number of fused-ring (bicyclic) bond motifs is 3. The van der Waals surface area contributed by atoms with Crippen LogP contribution in [-0.4, -0.2) is 75.1 Å². The van der Waals surface area contributed by atoms with Crippen molar-refractivity contribution in [2.45, 2.75) is 44.2 Å². The van der Waals surface area contributed by atoms with Gasteiger partial charge in [0, 0.05) is 12.3 Å². The molecule has 1 unspecified atom stereocenters. The maximum atomic E-state index is 13.1. The molecule has 10 heteroatoms. The molecule has 0 aliphatic heterocycles. The van der Waals surface area contributed by atoms with E-state index in [1.54, 1.807) is 0 Å². The van der Waals surface area contributed by atoms with Crippen molar-refractivity contribution in [3.05, 3.63) is 95.6 Å². The summed E-state index contributed by atoms with van der Waals surface area (Å²) in [5.74, 6) is -0.893. The number of amides is 1. The summed E-state index contributed by atoms with van der Waals surface area (Å²) in [6, 6.07) is 24.7. The highest BCUT2D eigenvalue weighted by Gasteiger charge is 2.30. The Balaban J connectivity index is 1.33. The van der Waals surface area contributed by atoms with E-state index in [4.69, 9.17) is 14.0 Å². The van der Waals surface area contributed by atoms with Gasteiger partial charge in [0.05, 0.1) is 32.9 Å². The average Bonchev–Trinajstić information content (AvgIpc) is 3.29. The molecule has 0 heterocycles. The minimum atomic E-state index is -3.98. The van der Waals surface area contributed by atoms with Crippen LogP contribution in [0, 0.1) is 0 Å². The summed E-state index contributed by atoms with van der Waals surface area (Å²) in [4.78, 5) is 26.1. The van der Waals surface area contributed by atoms with Crippen molar-refractivity contribution in [3.8, 4) is 11.1 Å². The standard InChI is InChI=1S/C33H40N2O7S/c1-35(2,21-12-22-43(38,39)40)20-11-10-19-31(32(36)41-23-25-13-4-3-5-14-25)34-33(37)42-24-30-28-17-8-6-15-26(28)27-16-7-9-18-29(27)30/h3-9,13-18,30-31H,10-12,19-24H2,1-2H3,(H-,34,37,38,39,40)/p+1. The number of esters is 1. The summed E-state index contributed by atoms with van der Waals surface area (Å²) < 4.78 is 42.9. The maximum absolute atomic E-state index is 13.1. The maximum Gasteiger partial charge on any atom is 0.407 e. The topological polar surface area (TPSA) is 119 Å². The molecule has 0 fully saturated rings. The number of ether oxygens (including phenoxy) is 2. The number of carbonyl (C=O) groups is 2. The highest BCUT2D eigenvalue weighted by molar-refractivity contribution is 7.85. The van der Waals surface area contributed by atoms with Crippen LogP contribution in [0.1, 0.15) is 48.3 Å². The van der Waals surface area contributed by atoms with Crippen LogP contribution >= 0.6 is 0 Å². The second kappa shape index (κ2) is 14.6. The number of carbonyl (C=O) groups excluding carboxylic acids is 2. The average molecular weight is 610 g/mol. The van der Waals surface area contributed by atoms with Crippen LogP contribution in [0.25, 0.3) is 11.1 Å². The molecule has 0 saturated carbocycles. The van der Waals surface area contributed by atoms with Crippen LogP contribution in [0.4, 0.5) is 4.79 Å². The number of hydrogen-bond donors (Lipinski definition) is 2. The van der Waals surface area contributed by atoms with Gasteiger partial charge in [-0.05, 0) is 47.1 Å². The van der Waals surface area contributed by atoms with Crippen LogP contribution in [0.15, 0.2) is 78.9 Å². The first kappa shape index (κ1) is 32.2. The number of unbranched alkanes of at least 4 members (excludes halogenated alkanes) is 1. The van der Waals surface area contributed by atoms with E-state index in [1.165, 1.54) is 0 Å². The van der Waals surface area contributed by atoms with Crippen LogP contribution in [0.2, 0.25) is 0 Å². The largest absolute Gasteiger partial charge is 0.459 e. The van der Waals surface area contributed by atoms with E-state index in [0.29, 0.717) is 30.3 Å². The SMILES string of the molecule is C[N+](C)(CCCCC(NC(=O)OCC1c2ccccc2-c2ccccc21)C(=O)OCc1ccccc1)CCCS(=O)(=O)O. The molecule has 230 valence electrons. The van der Waals surface area contributed by atoms with Crippen molar-refractivity contribution in [2.24, 2.45) is 0 Å².